The van der Waals surface area contributed by atoms with E-state index in [9.17, 15) is 9.90 Å². The molecule has 0 bridgehead atoms. The lowest BCUT2D eigenvalue weighted by Crippen LogP contribution is -2.12. The summed E-state index contributed by atoms with van der Waals surface area (Å²) in [5.74, 6) is 0.228. The molecular formula is C13H11BrN2O2. The number of carbonyl (C=O) groups is 1. The van der Waals surface area contributed by atoms with Crippen LogP contribution in [0.15, 0.2) is 41.0 Å². The molecule has 0 aliphatic carbocycles. The molecule has 1 aromatic heterocycles. The second kappa shape index (κ2) is 5.18. The summed E-state index contributed by atoms with van der Waals surface area (Å²) in [6.07, 6.45) is 1.63. The lowest BCUT2D eigenvalue weighted by atomic mass is 10.2. The second-order valence-electron chi connectivity index (χ2n) is 3.82. The van der Waals surface area contributed by atoms with E-state index < -0.39 is 0 Å². The van der Waals surface area contributed by atoms with E-state index in [1.54, 1.807) is 24.4 Å². The molecule has 2 rings (SSSR count). The first kappa shape index (κ1) is 12.6. The van der Waals surface area contributed by atoms with Crippen LogP contribution in [-0.4, -0.2) is 16.0 Å². The number of aromatic nitrogens is 1. The fraction of sp³-hybridized carbons (Fsp3) is 0.0769. The third-order valence-corrected chi connectivity index (χ3v) is 3.23. The zero-order valence-corrected chi connectivity index (χ0v) is 11.2. The summed E-state index contributed by atoms with van der Waals surface area (Å²) < 4.78 is 0.887. The normalized spacial score (nSPS) is 10.1. The standard InChI is InChI=1S/C13H11BrN2O2/c1-8-5-12(15-7-11(8)14)16-13(18)9-3-2-4-10(17)6-9/h2-7,17H,1H3,(H,15,16,18). The van der Waals surface area contributed by atoms with Gasteiger partial charge in [-0.05, 0) is 52.7 Å². The number of phenols is 1. The minimum atomic E-state index is -0.305. The molecule has 0 saturated heterocycles. The number of hydrogen-bond donors (Lipinski definition) is 2. The molecule has 92 valence electrons. The van der Waals surface area contributed by atoms with Gasteiger partial charge in [-0.3, -0.25) is 4.79 Å². The van der Waals surface area contributed by atoms with Crippen molar-refractivity contribution >= 4 is 27.7 Å². The maximum atomic E-state index is 11.9. The van der Waals surface area contributed by atoms with Crippen LogP contribution in [0, 0.1) is 6.92 Å². The van der Waals surface area contributed by atoms with Crippen LogP contribution in [0.25, 0.3) is 0 Å². The van der Waals surface area contributed by atoms with E-state index in [1.807, 2.05) is 6.92 Å². The van der Waals surface area contributed by atoms with Crippen molar-refractivity contribution < 1.29 is 9.90 Å². The largest absolute Gasteiger partial charge is 0.508 e. The lowest BCUT2D eigenvalue weighted by Gasteiger charge is -2.06. The van der Waals surface area contributed by atoms with Gasteiger partial charge in [0, 0.05) is 16.2 Å². The van der Waals surface area contributed by atoms with E-state index >= 15 is 0 Å². The first-order chi connectivity index (χ1) is 8.56. The summed E-state index contributed by atoms with van der Waals surface area (Å²) >= 11 is 3.34. The monoisotopic (exact) mass is 306 g/mol. The topological polar surface area (TPSA) is 62.2 Å². The number of halogens is 1. The first-order valence-electron chi connectivity index (χ1n) is 5.29. The number of nitrogens with one attached hydrogen (secondary N) is 1. The molecule has 18 heavy (non-hydrogen) atoms. The SMILES string of the molecule is Cc1cc(NC(=O)c2cccc(O)c2)ncc1Br. The Bertz CT molecular complexity index is 599. The number of nitrogens with zero attached hydrogens (tertiary/aromatic N) is 1. The van der Waals surface area contributed by atoms with Gasteiger partial charge in [-0.15, -0.1) is 0 Å². The summed E-state index contributed by atoms with van der Waals surface area (Å²) in [7, 11) is 0. The average molecular weight is 307 g/mol. The fourth-order valence-corrected chi connectivity index (χ4v) is 1.66. The summed E-state index contributed by atoms with van der Waals surface area (Å²) in [5.41, 5.74) is 1.37. The number of carbonyl (C=O) groups excluding carboxylic acids is 1. The number of aryl methyl sites for hydroxylation is 1. The van der Waals surface area contributed by atoms with E-state index in [1.165, 1.54) is 12.1 Å². The highest BCUT2D eigenvalue weighted by molar-refractivity contribution is 9.10. The number of phenolic OH excluding ortho intramolecular Hbond substituents is 1. The number of amides is 1. The van der Waals surface area contributed by atoms with Gasteiger partial charge in [0.25, 0.3) is 5.91 Å². The molecule has 0 spiro atoms. The van der Waals surface area contributed by atoms with Crippen LogP contribution in [0.3, 0.4) is 0 Å². The van der Waals surface area contributed by atoms with Crippen molar-refractivity contribution in [1.82, 2.24) is 4.98 Å². The van der Waals surface area contributed by atoms with Gasteiger partial charge in [-0.1, -0.05) is 6.07 Å². The Hall–Kier alpha value is -1.88. The molecule has 0 atom stereocenters. The van der Waals surface area contributed by atoms with Crippen molar-refractivity contribution in [2.45, 2.75) is 6.92 Å². The molecule has 1 heterocycles. The van der Waals surface area contributed by atoms with Crippen LogP contribution < -0.4 is 5.32 Å². The zero-order valence-electron chi connectivity index (χ0n) is 9.64. The summed E-state index contributed by atoms with van der Waals surface area (Å²) in [4.78, 5) is 16.0. The van der Waals surface area contributed by atoms with E-state index in [2.05, 4.69) is 26.2 Å². The van der Waals surface area contributed by atoms with Crippen LogP contribution in [0.1, 0.15) is 15.9 Å². The maximum absolute atomic E-state index is 11.9. The molecule has 2 aromatic rings. The van der Waals surface area contributed by atoms with Gasteiger partial charge < -0.3 is 10.4 Å². The highest BCUT2D eigenvalue weighted by Crippen LogP contribution is 2.18. The number of hydrogen-bond acceptors (Lipinski definition) is 3. The lowest BCUT2D eigenvalue weighted by molar-refractivity contribution is 0.102. The molecule has 1 amide bonds. The van der Waals surface area contributed by atoms with Gasteiger partial charge in [0.2, 0.25) is 0 Å². The quantitative estimate of drug-likeness (QED) is 0.896. The number of benzene rings is 1. The van der Waals surface area contributed by atoms with E-state index in [4.69, 9.17) is 0 Å². The number of pyridine rings is 1. The Morgan fingerprint density at radius 1 is 1.39 bits per heavy atom. The molecule has 5 heteroatoms. The third kappa shape index (κ3) is 2.87. The Morgan fingerprint density at radius 3 is 2.83 bits per heavy atom. The molecule has 0 fully saturated rings. The van der Waals surface area contributed by atoms with Crippen LogP contribution >= 0.6 is 15.9 Å². The maximum Gasteiger partial charge on any atom is 0.256 e. The first-order valence-corrected chi connectivity index (χ1v) is 6.08. The van der Waals surface area contributed by atoms with Crippen LogP contribution in [0.4, 0.5) is 5.82 Å². The fourth-order valence-electron chi connectivity index (χ4n) is 1.44. The Balaban J connectivity index is 2.18. The van der Waals surface area contributed by atoms with E-state index in [0.29, 0.717) is 11.4 Å². The van der Waals surface area contributed by atoms with Gasteiger partial charge in [-0.25, -0.2) is 4.98 Å². The predicted octanol–water partition coefficient (Wildman–Crippen LogP) is 3.11. The molecule has 0 aliphatic rings. The number of rotatable bonds is 2. The zero-order chi connectivity index (χ0) is 13.1. The molecule has 2 N–H and O–H groups in total. The molecule has 4 nitrogen and oxygen atoms in total. The second-order valence-corrected chi connectivity index (χ2v) is 4.68. The van der Waals surface area contributed by atoms with Crippen molar-refractivity contribution in [2.75, 3.05) is 5.32 Å². The summed E-state index contributed by atoms with van der Waals surface area (Å²) in [5, 5.41) is 12.0. The van der Waals surface area contributed by atoms with Crippen LogP contribution in [-0.2, 0) is 0 Å². The van der Waals surface area contributed by atoms with Crippen molar-refractivity contribution in [3.05, 3.63) is 52.1 Å². The molecule has 0 unspecified atom stereocenters. The Morgan fingerprint density at radius 2 is 2.17 bits per heavy atom. The Labute approximate surface area is 113 Å². The van der Waals surface area contributed by atoms with E-state index in [0.717, 1.165) is 10.0 Å². The summed E-state index contributed by atoms with van der Waals surface area (Å²) in [6, 6.07) is 7.93. The van der Waals surface area contributed by atoms with Gasteiger partial charge in [0.05, 0.1) is 0 Å². The van der Waals surface area contributed by atoms with E-state index in [-0.39, 0.29) is 11.7 Å². The van der Waals surface area contributed by atoms with Gasteiger partial charge >= 0.3 is 0 Å². The smallest absolute Gasteiger partial charge is 0.256 e. The predicted molar refractivity (Wildman–Crippen MR) is 72.7 cm³/mol. The molecule has 0 radical (unpaired) electrons. The minimum absolute atomic E-state index is 0.0580. The van der Waals surface area contributed by atoms with Crippen LogP contribution in [0.5, 0.6) is 5.75 Å². The van der Waals surface area contributed by atoms with Crippen molar-refractivity contribution in [1.29, 1.82) is 0 Å². The average Bonchev–Trinajstić information content (AvgIpc) is 2.34. The highest BCUT2D eigenvalue weighted by atomic mass is 79.9. The van der Waals surface area contributed by atoms with Crippen molar-refractivity contribution in [2.24, 2.45) is 0 Å². The van der Waals surface area contributed by atoms with Crippen LogP contribution in [0.2, 0.25) is 0 Å². The summed E-state index contributed by atoms with van der Waals surface area (Å²) in [6.45, 7) is 1.91. The molecule has 1 aromatic carbocycles. The molecular weight excluding hydrogens is 296 g/mol. The molecule has 0 saturated carbocycles. The number of anilines is 1. The Kier molecular flexibility index (Phi) is 3.62. The third-order valence-electron chi connectivity index (χ3n) is 2.40. The minimum Gasteiger partial charge on any atom is -0.508 e. The van der Waals surface area contributed by atoms with Crippen molar-refractivity contribution in [3.8, 4) is 5.75 Å². The molecule has 0 aliphatic heterocycles. The number of aromatic hydroxyl groups is 1. The van der Waals surface area contributed by atoms with Gasteiger partial charge in [0.1, 0.15) is 11.6 Å². The highest BCUT2D eigenvalue weighted by Gasteiger charge is 2.08. The van der Waals surface area contributed by atoms with Gasteiger partial charge in [0.15, 0.2) is 0 Å². The van der Waals surface area contributed by atoms with Gasteiger partial charge in [-0.2, -0.15) is 0 Å². The van der Waals surface area contributed by atoms with Crippen molar-refractivity contribution in [3.63, 3.8) is 0 Å².